The van der Waals surface area contributed by atoms with Crippen molar-refractivity contribution in [2.45, 2.75) is 13.3 Å². The first-order valence-electron chi connectivity index (χ1n) is 11.8. The van der Waals surface area contributed by atoms with Crippen molar-refractivity contribution in [3.63, 3.8) is 0 Å². The van der Waals surface area contributed by atoms with Crippen molar-refractivity contribution in [2.75, 3.05) is 29.5 Å². The molecule has 0 bridgehead atoms. The molecule has 0 aliphatic carbocycles. The third-order valence-electron chi connectivity index (χ3n) is 5.87. The van der Waals surface area contributed by atoms with E-state index in [1.165, 1.54) is 18.2 Å². The molecular formula is C26H24F2N6O3S. The van der Waals surface area contributed by atoms with Crippen LogP contribution in [-0.4, -0.2) is 47.4 Å². The third kappa shape index (κ3) is 4.94. The van der Waals surface area contributed by atoms with Crippen LogP contribution in [0.2, 0.25) is 0 Å². The van der Waals surface area contributed by atoms with E-state index >= 15 is 4.39 Å². The van der Waals surface area contributed by atoms with E-state index in [-0.39, 0.29) is 23.5 Å². The van der Waals surface area contributed by atoms with Gasteiger partial charge in [-0.25, -0.2) is 27.8 Å². The lowest BCUT2D eigenvalue weighted by Gasteiger charge is -2.15. The summed E-state index contributed by atoms with van der Waals surface area (Å²) in [6.07, 6.45) is 3.24. The zero-order valence-electron chi connectivity index (χ0n) is 20.3. The summed E-state index contributed by atoms with van der Waals surface area (Å²) in [6, 6.07) is 11.4. The highest BCUT2D eigenvalue weighted by molar-refractivity contribution is 7.92. The van der Waals surface area contributed by atoms with Gasteiger partial charge in [-0.15, -0.1) is 0 Å². The number of nitrogens with two attached hydrogens (primary N) is 1. The van der Waals surface area contributed by atoms with Gasteiger partial charge in [0.1, 0.15) is 22.7 Å². The Labute approximate surface area is 217 Å². The average Bonchev–Trinajstić information content (AvgIpc) is 3.37. The Hall–Kier alpha value is -4.32. The van der Waals surface area contributed by atoms with E-state index in [9.17, 15) is 12.8 Å². The van der Waals surface area contributed by atoms with Crippen molar-refractivity contribution in [3.05, 3.63) is 60.7 Å². The Morgan fingerprint density at radius 1 is 1.13 bits per heavy atom. The highest BCUT2D eigenvalue weighted by atomic mass is 32.2. The Morgan fingerprint density at radius 3 is 2.76 bits per heavy atom. The standard InChI is InChI=1S/C26H24F2N6O3S/c1-2-37-21-13-16(18-5-3-6-20(22(18)28)34-38(35,36)10-4-8-27)12-19-23(21)32-26(33-24(19)29)17-11-15-7-9-30-25(15)31-14-17/h3,5-7,9,11-14,34H,2,4,8,10H2,1H3,(H,30,31)(H2,29,32,33). The van der Waals surface area contributed by atoms with Crippen LogP contribution in [0, 0.1) is 5.82 Å². The molecule has 0 fully saturated rings. The van der Waals surface area contributed by atoms with Crippen LogP contribution in [0.5, 0.6) is 5.75 Å². The Bertz CT molecular complexity index is 1760. The monoisotopic (exact) mass is 538 g/mol. The third-order valence-corrected chi connectivity index (χ3v) is 7.23. The molecule has 9 nitrogen and oxygen atoms in total. The van der Waals surface area contributed by atoms with E-state index in [1.807, 2.05) is 12.1 Å². The zero-order chi connectivity index (χ0) is 26.9. The largest absolute Gasteiger partial charge is 0.492 e. The number of H-pyrrole nitrogens is 1. The van der Waals surface area contributed by atoms with Crippen molar-refractivity contribution in [1.29, 1.82) is 0 Å². The van der Waals surface area contributed by atoms with Crippen LogP contribution in [-0.2, 0) is 10.0 Å². The molecule has 0 saturated heterocycles. The minimum Gasteiger partial charge on any atom is -0.492 e. The molecule has 12 heteroatoms. The second kappa shape index (κ2) is 10.2. The van der Waals surface area contributed by atoms with Gasteiger partial charge in [0.25, 0.3) is 0 Å². The Morgan fingerprint density at radius 2 is 1.97 bits per heavy atom. The summed E-state index contributed by atoms with van der Waals surface area (Å²) in [6.45, 7) is 1.33. The molecule has 0 aliphatic heterocycles. The number of fused-ring (bicyclic) bond motifs is 2. The molecule has 0 saturated carbocycles. The number of benzene rings is 2. The van der Waals surface area contributed by atoms with Gasteiger partial charge in [-0.1, -0.05) is 12.1 Å². The van der Waals surface area contributed by atoms with Crippen molar-refractivity contribution in [2.24, 2.45) is 0 Å². The normalized spacial score (nSPS) is 11.8. The number of alkyl halides is 1. The number of halogens is 2. The van der Waals surface area contributed by atoms with Crippen LogP contribution in [0.15, 0.2) is 54.9 Å². The van der Waals surface area contributed by atoms with Crippen molar-refractivity contribution in [1.82, 2.24) is 19.9 Å². The quantitative estimate of drug-likeness (QED) is 0.239. The summed E-state index contributed by atoms with van der Waals surface area (Å²) in [5, 5.41) is 1.33. The Balaban J connectivity index is 1.60. The topological polar surface area (TPSA) is 136 Å². The number of nitrogen functional groups attached to an aromatic ring is 1. The summed E-state index contributed by atoms with van der Waals surface area (Å²) < 4.78 is 60.4. The second-order valence-corrected chi connectivity index (χ2v) is 10.3. The van der Waals surface area contributed by atoms with Gasteiger partial charge in [-0.05, 0) is 49.2 Å². The number of sulfonamides is 1. The lowest BCUT2D eigenvalue weighted by molar-refractivity contribution is 0.344. The molecule has 0 amide bonds. The molecule has 0 aliphatic rings. The number of ether oxygens (including phenoxy) is 1. The van der Waals surface area contributed by atoms with Gasteiger partial charge in [0.2, 0.25) is 10.0 Å². The minimum absolute atomic E-state index is 0.115. The van der Waals surface area contributed by atoms with Gasteiger partial charge >= 0.3 is 0 Å². The zero-order valence-corrected chi connectivity index (χ0v) is 21.1. The van der Waals surface area contributed by atoms with Crippen molar-refractivity contribution >= 4 is 43.5 Å². The number of hydrogen-bond donors (Lipinski definition) is 3. The predicted octanol–water partition coefficient (Wildman–Crippen LogP) is 5.06. The van der Waals surface area contributed by atoms with E-state index in [2.05, 4.69) is 24.7 Å². The molecule has 3 aromatic heterocycles. The summed E-state index contributed by atoms with van der Waals surface area (Å²) >= 11 is 0. The van der Waals surface area contributed by atoms with E-state index in [1.54, 1.807) is 31.5 Å². The molecule has 0 unspecified atom stereocenters. The second-order valence-electron chi connectivity index (χ2n) is 8.51. The van der Waals surface area contributed by atoms with Crippen molar-refractivity contribution in [3.8, 4) is 28.3 Å². The van der Waals surface area contributed by atoms with Gasteiger partial charge in [-0.3, -0.25) is 9.11 Å². The minimum atomic E-state index is -3.92. The van der Waals surface area contributed by atoms with Crippen LogP contribution < -0.4 is 15.2 Å². The maximum atomic E-state index is 15.5. The average molecular weight is 539 g/mol. The first-order chi connectivity index (χ1) is 18.3. The number of rotatable bonds is 9. The van der Waals surface area contributed by atoms with Crippen LogP contribution >= 0.6 is 0 Å². The van der Waals surface area contributed by atoms with E-state index in [0.717, 1.165) is 11.0 Å². The van der Waals surface area contributed by atoms with Gasteiger partial charge in [0.15, 0.2) is 11.6 Å². The van der Waals surface area contributed by atoms with Crippen LogP contribution in [0.4, 0.5) is 20.3 Å². The molecule has 0 radical (unpaired) electrons. The highest BCUT2D eigenvalue weighted by Gasteiger charge is 2.19. The van der Waals surface area contributed by atoms with E-state index in [4.69, 9.17) is 10.5 Å². The molecular weight excluding hydrogens is 514 g/mol. The van der Waals surface area contributed by atoms with Gasteiger partial charge in [0, 0.05) is 34.3 Å². The summed E-state index contributed by atoms with van der Waals surface area (Å²) in [7, 11) is -3.92. The first kappa shape index (κ1) is 25.3. The predicted molar refractivity (Wildman–Crippen MR) is 144 cm³/mol. The highest BCUT2D eigenvalue weighted by Crippen LogP contribution is 2.37. The van der Waals surface area contributed by atoms with E-state index < -0.39 is 28.3 Å². The molecule has 2 aromatic carbocycles. The van der Waals surface area contributed by atoms with Crippen molar-refractivity contribution < 1.29 is 21.9 Å². The number of nitrogens with zero attached hydrogens (tertiary/aromatic N) is 3. The summed E-state index contributed by atoms with van der Waals surface area (Å²) in [5.74, 6) is -0.375. The van der Waals surface area contributed by atoms with E-state index in [0.29, 0.717) is 40.2 Å². The molecule has 5 aromatic rings. The fourth-order valence-corrected chi connectivity index (χ4v) is 5.22. The van der Waals surface area contributed by atoms with Gasteiger partial charge < -0.3 is 15.5 Å². The molecule has 38 heavy (non-hydrogen) atoms. The lowest BCUT2D eigenvalue weighted by atomic mass is 10.0. The van der Waals surface area contributed by atoms with Crippen LogP contribution in [0.3, 0.4) is 0 Å². The molecule has 0 atom stereocenters. The van der Waals surface area contributed by atoms with Gasteiger partial charge in [-0.2, -0.15) is 0 Å². The van der Waals surface area contributed by atoms with Crippen LogP contribution in [0.1, 0.15) is 13.3 Å². The molecule has 5 rings (SSSR count). The fourth-order valence-electron chi connectivity index (χ4n) is 4.13. The van der Waals surface area contributed by atoms with Crippen LogP contribution in [0.25, 0.3) is 44.5 Å². The number of aromatic amines is 1. The lowest BCUT2D eigenvalue weighted by Crippen LogP contribution is -2.18. The SMILES string of the molecule is CCOc1cc(-c2cccc(NS(=O)(=O)CCCF)c2F)cc2c(N)nc(-c3cnc4[nH]ccc4c3)nc12. The van der Waals surface area contributed by atoms with Gasteiger partial charge in [0.05, 0.1) is 24.7 Å². The first-order valence-corrected chi connectivity index (χ1v) is 13.5. The molecule has 196 valence electrons. The fraction of sp³-hybridized carbons (Fsp3) is 0.192. The smallest absolute Gasteiger partial charge is 0.232 e. The number of pyridine rings is 1. The summed E-state index contributed by atoms with van der Waals surface area (Å²) in [5.41, 5.74) is 8.45. The number of anilines is 2. The molecule has 4 N–H and O–H groups in total. The maximum absolute atomic E-state index is 15.5. The Kier molecular flexibility index (Phi) is 6.81. The maximum Gasteiger partial charge on any atom is 0.232 e. The number of nitrogens with one attached hydrogen (secondary N) is 2. The summed E-state index contributed by atoms with van der Waals surface area (Å²) in [4.78, 5) is 16.6. The number of hydrogen-bond acceptors (Lipinski definition) is 7. The molecule has 3 heterocycles. The molecule has 0 spiro atoms. The number of aromatic nitrogens is 4.